The molecule has 1 aliphatic heterocycles. The molecule has 0 amide bonds. The van der Waals surface area contributed by atoms with Gasteiger partial charge in [0.25, 0.3) is 0 Å². The molecule has 0 N–H and O–H groups in total. The highest BCUT2D eigenvalue weighted by atomic mass is 16.5. The Morgan fingerprint density at radius 2 is 1.95 bits per heavy atom. The Morgan fingerprint density at radius 1 is 1.14 bits per heavy atom. The van der Waals surface area contributed by atoms with E-state index in [4.69, 9.17) is 9.47 Å². The second kappa shape index (κ2) is 6.14. The predicted octanol–water partition coefficient (Wildman–Crippen LogP) is 2.90. The predicted molar refractivity (Wildman–Crippen MR) is 84.0 cm³/mol. The van der Waals surface area contributed by atoms with Crippen LogP contribution in [0, 0.1) is 6.92 Å². The van der Waals surface area contributed by atoms with Crippen molar-refractivity contribution in [1.29, 1.82) is 0 Å². The van der Waals surface area contributed by atoms with Crippen LogP contribution in [-0.4, -0.2) is 38.4 Å². The van der Waals surface area contributed by atoms with Crippen LogP contribution in [0.2, 0.25) is 0 Å². The maximum absolute atomic E-state index is 5.51. The maximum atomic E-state index is 5.51. The first-order valence-electron chi connectivity index (χ1n) is 7.21. The van der Waals surface area contributed by atoms with E-state index in [1.807, 2.05) is 12.3 Å². The van der Waals surface area contributed by atoms with Gasteiger partial charge in [-0.2, -0.15) is 0 Å². The van der Waals surface area contributed by atoms with E-state index >= 15 is 0 Å². The number of anilines is 1. The molecule has 0 bridgehead atoms. The van der Waals surface area contributed by atoms with Gasteiger partial charge in [-0.25, -0.2) is 4.98 Å². The molecule has 4 heteroatoms. The monoisotopic (exact) mass is 284 g/mol. The molecule has 110 valence electrons. The molecule has 1 aromatic heterocycles. The van der Waals surface area contributed by atoms with Gasteiger partial charge < -0.3 is 14.4 Å². The van der Waals surface area contributed by atoms with Crippen molar-refractivity contribution in [3.8, 4) is 16.9 Å². The molecule has 0 aliphatic carbocycles. The topological polar surface area (TPSA) is 34.6 Å². The van der Waals surface area contributed by atoms with Crippen LogP contribution in [-0.2, 0) is 4.74 Å². The van der Waals surface area contributed by atoms with Crippen LogP contribution < -0.4 is 9.64 Å². The lowest BCUT2D eigenvalue weighted by molar-refractivity contribution is 0.122. The summed E-state index contributed by atoms with van der Waals surface area (Å²) in [7, 11) is 1.71. The molecule has 0 saturated carbocycles. The van der Waals surface area contributed by atoms with Gasteiger partial charge in [0.1, 0.15) is 11.6 Å². The van der Waals surface area contributed by atoms with E-state index in [0.717, 1.165) is 49.0 Å². The summed E-state index contributed by atoms with van der Waals surface area (Å²) in [5.74, 6) is 1.90. The third kappa shape index (κ3) is 3.00. The van der Waals surface area contributed by atoms with E-state index in [2.05, 4.69) is 41.1 Å². The van der Waals surface area contributed by atoms with Crippen molar-refractivity contribution in [3.63, 3.8) is 0 Å². The molecule has 21 heavy (non-hydrogen) atoms. The first kappa shape index (κ1) is 13.9. The fourth-order valence-electron chi connectivity index (χ4n) is 2.59. The molecule has 0 radical (unpaired) electrons. The summed E-state index contributed by atoms with van der Waals surface area (Å²) in [5, 5.41) is 0. The number of hydrogen-bond acceptors (Lipinski definition) is 4. The van der Waals surface area contributed by atoms with Gasteiger partial charge in [-0.05, 0) is 36.2 Å². The molecule has 0 atom stereocenters. The Hall–Kier alpha value is -2.07. The number of hydrogen-bond donors (Lipinski definition) is 0. The van der Waals surface area contributed by atoms with Crippen molar-refractivity contribution in [2.45, 2.75) is 6.92 Å². The van der Waals surface area contributed by atoms with Gasteiger partial charge >= 0.3 is 0 Å². The van der Waals surface area contributed by atoms with Gasteiger partial charge in [-0.3, -0.25) is 0 Å². The van der Waals surface area contributed by atoms with E-state index in [-0.39, 0.29) is 0 Å². The van der Waals surface area contributed by atoms with E-state index in [1.165, 1.54) is 5.56 Å². The van der Waals surface area contributed by atoms with Crippen molar-refractivity contribution >= 4 is 5.82 Å². The average Bonchev–Trinajstić information content (AvgIpc) is 2.55. The molecule has 0 unspecified atom stereocenters. The Morgan fingerprint density at radius 3 is 2.71 bits per heavy atom. The zero-order valence-electron chi connectivity index (χ0n) is 12.5. The highest BCUT2D eigenvalue weighted by Crippen LogP contribution is 2.32. The van der Waals surface area contributed by atoms with Crippen LogP contribution in [0.3, 0.4) is 0 Å². The van der Waals surface area contributed by atoms with Crippen LogP contribution in [0.4, 0.5) is 5.82 Å². The number of aryl methyl sites for hydroxylation is 1. The summed E-state index contributed by atoms with van der Waals surface area (Å²) in [6.45, 7) is 5.38. The van der Waals surface area contributed by atoms with Crippen LogP contribution in [0.1, 0.15) is 5.56 Å². The van der Waals surface area contributed by atoms with E-state index < -0.39 is 0 Å². The van der Waals surface area contributed by atoms with E-state index in [1.54, 1.807) is 7.11 Å². The minimum atomic E-state index is 0.764. The summed E-state index contributed by atoms with van der Waals surface area (Å²) < 4.78 is 10.9. The molecule has 1 fully saturated rings. The zero-order valence-corrected chi connectivity index (χ0v) is 12.5. The van der Waals surface area contributed by atoms with Crippen LogP contribution in [0.5, 0.6) is 5.75 Å². The summed E-state index contributed by atoms with van der Waals surface area (Å²) in [6, 6.07) is 10.4. The Labute approximate surface area is 125 Å². The minimum absolute atomic E-state index is 0.764. The van der Waals surface area contributed by atoms with Crippen LogP contribution in [0.25, 0.3) is 11.1 Å². The standard InChI is InChI=1S/C17H20N2O2/c1-13-3-4-15(16(11-13)20-2)14-5-6-18-17(12-14)19-7-9-21-10-8-19/h3-6,11-12H,7-10H2,1-2H3. The molecular weight excluding hydrogens is 264 g/mol. The van der Waals surface area contributed by atoms with Crippen LogP contribution in [0.15, 0.2) is 36.5 Å². The summed E-state index contributed by atoms with van der Waals surface area (Å²) in [6.07, 6.45) is 1.86. The molecule has 0 spiro atoms. The molecule has 1 saturated heterocycles. The largest absolute Gasteiger partial charge is 0.496 e. The van der Waals surface area contributed by atoms with Gasteiger partial charge in [-0.15, -0.1) is 0 Å². The number of ether oxygens (including phenoxy) is 2. The number of methoxy groups -OCH3 is 1. The van der Waals surface area contributed by atoms with Gasteiger partial charge in [-0.1, -0.05) is 12.1 Å². The third-order valence-corrected chi connectivity index (χ3v) is 3.75. The summed E-state index contributed by atoms with van der Waals surface area (Å²) >= 11 is 0. The second-order valence-corrected chi connectivity index (χ2v) is 5.21. The first-order chi connectivity index (χ1) is 10.3. The van der Waals surface area contributed by atoms with Crippen molar-refractivity contribution in [2.24, 2.45) is 0 Å². The second-order valence-electron chi connectivity index (χ2n) is 5.21. The number of morpholine rings is 1. The number of pyridine rings is 1. The maximum Gasteiger partial charge on any atom is 0.129 e. The Bertz CT molecular complexity index is 622. The number of nitrogens with zero attached hydrogens (tertiary/aromatic N) is 2. The lowest BCUT2D eigenvalue weighted by Crippen LogP contribution is -2.36. The van der Waals surface area contributed by atoms with Crippen molar-refractivity contribution in [2.75, 3.05) is 38.3 Å². The van der Waals surface area contributed by atoms with Crippen molar-refractivity contribution < 1.29 is 9.47 Å². The van der Waals surface area contributed by atoms with Crippen molar-refractivity contribution in [1.82, 2.24) is 4.98 Å². The first-order valence-corrected chi connectivity index (χ1v) is 7.21. The summed E-state index contributed by atoms with van der Waals surface area (Å²) in [4.78, 5) is 6.75. The van der Waals surface area contributed by atoms with E-state index in [0.29, 0.717) is 0 Å². The molecular formula is C17H20N2O2. The van der Waals surface area contributed by atoms with Gasteiger partial charge in [0, 0.05) is 24.8 Å². The molecule has 1 aromatic carbocycles. The number of aromatic nitrogens is 1. The highest BCUT2D eigenvalue weighted by Gasteiger charge is 2.14. The normalized spacial score (nSPS) is 15.0. The smallest absolute Gasteiger partial charge is 0.129 e. The zero-order chi connectivity index (χ0) is 14.7. The van der Waals surface area contributed by atoms with E-state index in [9.17, 15) is 0 Å². The molecule has 4 nitrogen and oxygen atoms in total. The summed E-state index contributed by atoms with van der Waals surface area (Å²) in [5.41, 5.74) is 3.42. The van der Waals surface area contributed by atoms with Gasteiger partial charge in [0.2, 0.25) is 0 Å². The molecule has 1 aliphatic rings. The lowest BCUT2D eigenvalue weighted by atomic mass is 10.0. The number of benzene rings is 1. The SMILES string of the molecule is COc1cc(C)ccc1-c1ccnc(N2CCOCC2)c1. The van der Waals surface area contributed by atoms with Gasteiger partial charge in [0.15, 0.2) is 0 Å². The molecule has 3 rings (SSSR count). The average molecular weight is 284 g/mol. The quantitative estimate of drug-likeness (QED) is 0.868. The Balaban J connectivity index is 1.95. The lowest BCUT2D eigenvalue weighted by Gasteiger charge is -2.28. The Kier molecular flexibility index (Phi) is 4.06. The van der Waals surface area contributed by atoms with Crippen LogP contribution >= 0.6 is 0 Å². The fraction of sp³-hybridized carbons (Fsp3) is 0.353. The highest BCUT2D eigenvalue weighted by molar-refractivity contribution is 5.73. The molecule has 2 aromatic rings. The third-order valence-electron chi connectivity index (χ3n) is 3.75. The van der Waals surface area contributed by atoms with Crippen molar-refractivity contribution in [3.05, 3.63) is 42.1 Å². The minimum Gasteiger partial charge on any atom is -0.496 e. The van der Waals surface area contributed by atoms with Gasteiger partial charge in [0.05, 0.1) is 20.3 Å². The fourth-order valence-corrected chi connectivity index (χ4v) is 2.59. The number of rotatable bonds is 3. The molecule has 2 heterocycles.